The zero-order valence-electron chi connectivity index (χ0n) is 18.9. The van der Waals surface area contributed by atoms with Crippen molar-refractivity contribution < 1.29 is 33.0 Å². The molecule has 0 spiro atoms. The maximum absolute atomic E-state index is 12.8. The summed E-state index contributed by atoms with van der Waals surface area (Å²) in [5.74, 6) is -0.405. The van der Waals surface area contributed by atoms with E-state index in [0.717, 1.165) is 5.39 Å². The number of para-hydroxylation sites is 2. The molecule has 34 heavy (non-hydrogen) atoms. The van der Waals surface area contributed by atoms with E-state index in [4.69, 9.17) is 18.6 Å². The Morgan fingerprint density at radius 2 is 1.56 bits per heavy atom. The predicted molar refractivity (Wildman–Crippen MR) is 122 cm³/mol. The highest BCUT2D eigenvalue weighted by Crippen LogP contribution is 2.28. The molecule has 0 saturated carbocycles. The Hall–Kier alpha value is -4.01. The zero-order valence-corrected chi connectivity index (χ0v) is 18.9. The number of benzene rings is 2. The topological polar surface area (TPSA) is 98.5 Å². The predicted octanol–water partition coefficient (Wildman–Crippen LogP) is 3.47. The number of carbonyl (C=O) groups excluding carboxylic acids is 3. The van der Waals surface area contributed by atoms with Gasteiger partial charge in [0.2, 0.25) is 5.76 Å². The first-order valence-electron chi connectivity index (χ1n) is 11.1. The number of furan rings is 1. The van der Waals surface area contributed by atoms with Crippen LogP contribution in [-0.4, -0.2) is 67.2 Å². The van der Waals surface area contributed by atoms with Gasteiger partial charge in [-0.3, -0.25) is 4.79 Å². The maximum Gasteiger partial charge on any atom is 0.409 e. The molecule has 0 aliphatic carbocycles. The summed E-state index contributed by atoms with van der Waals surface area (Å²) in [5.41, 5.74) is 1.09. The number of carbonyl (C=O) groups is 3. The van der Waals surface area contributed by atoms with E-state index in [1.807, 2.05) is 48.5 Å². The van der Waals surface area contributed by atoms with Crippen LogP contribution in [0.3, 0.4) is 0 Å². The molecule has 178 valence electrons. The molecule has 1 aliphatic rings. The Kier molecular flexibility index (Phi) is 7.31. The van der Waals surface area contributed by atoms with Crippen LogP contribution in [0.5, 0.6) is 5.75 Å². The summed E-state index contributed by atoms with van der Waals surface area (Å²) in [6.45, 7) is 3.14. The monoisotopic (exact) mass is 466 g/mol. The minimum Gasteiger partial charge on any atom is -0.489 e. The molecule has 0 N–H and O–H groups in total. The third-order valence-electron chi connectivity index (χ3n) is 5.50. The number of hydrogen-bond donors (Lipinski definition) is 0. The highest BCUT2D eigenvalue weighted by molar-refractivity contribution is 5.97. The van der Waals surface area contributed by atoms with Gasteiger partial charge in [0.1, 0.15) is 17.9 Å². The summed E-state index contributed by atoms with van der Waals surface area (Å²) in [5, 5.41) is 0.742. The van der Waals surface area contributed by atoms with Crippen molar-refractivity contribution in [1.82, 2.24) is 9.80 Å². The smallest absolute Gasteiger partial charge is 0.409 e. The minimum absolute atomic E-state index is 0.0112. The van der Waals surface area contributed by atoms with Crippen molar-refractivity contribution in [3.05, 3.63) is 65.9 Å². The fraction of sp³-hybridized carbons (Fsp3) is 0.320. The van der Waals surface area contributed by atoms with Crippen molar-refractivity contribution >= 4 is 28.9 Å². The number of nitrogens with zero attached hydrogens (tertiary/aromatic N) is 2. The minimum atomic E-state index is -0.735. The summed E-state index contributed by atoms with van der Waals surface area (Å²) in [4.78, 5) is 40.3. The summed E-state index contributed by atoms with van der Waals surface area (Å²) in [6, 6.07) is 16.5. The van der Waals surface area contributed by atoms with E-state index in [1.54, 1.807) is 22.8 Å². The Morgan fingerprint density at radius 3 is 2.29 bits per heavy atom. The van der Waals surface area contributed by atoms with Crippen LogP contribution in [0.25, 0.3) is 11.0 Å². The van der Waals surface area contributed by atoms with Crippen molar-refractivity contribution in [3.63, 3.8) is 0 Å². The van der Waals surface area contributed by atoms with Gasteiger partial charge in [-0.25, -0.2) is 9.59 Å². The largest absolute Gasteiger partial charge is 0.489 e. The average molecular weight is 466 g/mol. The van der Waals surface area contributed by atoms with Crippen molar-refractivity contribution in [3.8, 4) is 5.75 Å². The molecule has 1 saturated heterocycles. The summed E-state index contributed by atoms with van der Waals surface area (Å²) in [7, 11) is 0. The molecule has 0 bridgehead atoms. The second-order valence-electron chi connectivity index (χ2n) is 7.65. The number of esters is 1. The Labute approximate surface area is 196 Å². The number of ether oxygens (including phenoxy) is 3. The molecular weight excluding hydrogens is 440 g/mol. The lowest BCUT2D eigenvalue weighted by molar-refractivity contribution is -0.136. The number of fused-ring (bicyclic) bond motifs is 1. The van der Waals surface area contributed by atoms with Crippen LogP contribution in [0.4, 0.5) is 4.79 Å². The first-order valence-corrected chi connectivity index (χ1v) is 11.1. The molecule has 1 aliphatic heterocycles. The molecule has 2 heterocycles. The lowest BCUT2D eigenvalue weighted by atomic mass is 10.1. The number of piperazine rings is 1. The van der Waals surface area contributed by atoms with E-state index in [9.17, 15) is 14.4 Å². The standard InChI is InChI=1S/C25H26N2O7/c1-2-31-25(30)27-14-12-26(13-15-27)22(28)17-33-24(29)23-20(16-32-18-8-4-3-5-9-18)19-10-6-7-11-21(19)34-23/h3-11H,2,12-17H2,1H3. The molecule has 1 fully saturated rings. The van der Waals surface area contributed by atoms with Crippen LogP contribution >= 0.6 is 0 Å². The van der Waals surface area contributed by atoms with E-state index in [2.05, 4.69) is 0 Å². The molecular formula is C25H26N2O7. The van der Waals surface area contributed by atoms with Gasteiger partial charge in [-0.05, 0) is 25.1 Å². The Morgan fingerprint density at radius 1 is 0.882 bits per heavy atom. The highest BCUT2D eigenvalue weighted by Gasteiger charge is 2.27. The van der Waals surface area contributed by atoms with Crippen LogP contribution in [-0.2, 0) is 20.9 Å². The third kappa shape index (κ3) is 5.31. The van der Waals surface area contributed by atoms with Crippen molar-refractivity contribution in [2.75, 3.05) is 39.4 Å². The summed E-state index contributed by atoms with van der Waals surface area (Å²) < 4.78 is 21.9. The SMILES string of the molecule is CCOC(=O)N1CCN(C(=O)COC(=O)c2oc3ccccc3c2COc2ccccc2)CC1. The van der Waals surface area contributed by atoms with Crippen molar-refractivity contribution in [1.29, 1.82) is 0 Å². The second-order valence-corrected chi connectivity index (χ2v) is 7.65. The third-order valence-corrected chi connectivity index (χ3v) is 5.50. The van der Waals surface area contributed by atoms with E-state index in [1.165, 1.54) is 0 Å². The van der Waals surface area contributed by atoms with Gasteiger partial charge in [0.25, 0.3) is 5.91 Å². The molecule has 2 amide bonds. The van der Waals surface area contributed by atoms with Gasteiger partial charge < -0.3 is 28.4 Å². The molecule has 1 aromatic heterocycles. The maximum atomic E-state index is 12.8. The van der Waals surface area contributed by atoms with E-state index in [0.29, 0.717) is 49.7 Å². The first kappa shape index (κ1) is 23.2. The van der Waals surface area contributed by atoms with Gasteiger partial charge in [-0.1, -0.05) is 36.4 Å². The fourth-order valence-electron chi connectivity index (χ4n) is 3.72. The van der Waals surface area contributed by atoms with Gasteiger partial charge in [0.05, 0.1) is 12.2 Å². The lowest BCUT2D eigenvalue weighted by Gasteiger charge is -2.33. The Balaban J connectivity index is 1.38. The van der Waals surface area contributed by atoms with Crippen LogP contribution < -0.4 is 4.74 Å². The molecule has 3 aromatic rings. The molecule has 4 rings (SSSR count). The summed E-state index contributed by atoms with van der Waals surface area (Å²) in [6.07, 6.45) is -0.392. The van der Waals surface area contributed by atoms with Crippen molar-refractivity contribution in [2.45, 2.75) is 13.5 Å². The molecule has 9 nitrogen and oxygen atoms in total. The molecule has 2 aromatic carbocycles. The van der Waals surface area contributed by atoms with E-state index in [-0.39, 0.29) is 18.3 Å². The fourth-order valence-corrected chi connectivity index (χ4v) is 3.72. The first-order chi connectivity index (χ1) is 16.6. The molecule has 0 unspecified atom stereocenters. The Bertz CT molecular complexity index is 1150. The number of amides is 2. The second kappa shape index (κ2) is 10.7. The average Bonchev–Trinajstić information content (AvgIpc) is 3.25. The highest BCUT2D eigenvalue weighted by atomic mass is 16.6. The van der Waals surface area contributed by atoms with Gasteiger partial charge >= 0.3 is 12.1 Å². The van der Waals surface area contributed by atoms with Crippen LogP contribution in [0.1, 0.15) is 23.0 Å². The van der Waals surface area contributed by atoms with Gasteiger partial charge in [-0.15, -0.1) is 0 Å². The molecule has 9 heteroatoms. The lowest BCUT2D eigenvalue weighted by Crippen LogP contribution is -2.51. The number of rotatable bonds is 7. The number of hydrogen-bond acceptors (Lipinski definition) is 7. The van der Waals surface area contributed by atoms with Crippen LogP contribution in [0.15, 0.2) is 59.0 Å². The summed E-state index contributed by atoms with van der Waals surface area (Å²) >= 11 is 0. The van der Waals surface area contributed by atoms with Crippen molar-refractivity contribution in [2.24, 2.45) is 0 Å². The molecule has 0 radical (unpaired) electrons. The van der Waals surface area contributed by atoms with Crippen LogP contribution in [0.2, 0.25) is 0 Å². The van der Waals surface area contributed by atoms with Gasteiger partial charge in [0, 0.05) is 31.6 Å². The quantitative estimate of drug-likeness (QED) is 0.492. The van der Waals surface area contributed by atoms with Gasteiger partial charge in [0.15, 0.2) is 6.61 Å². The van der Waals surface area contributed by atoms with Gasteiger partial charge in [-0.2, -0.15) is 0 Å². The van der Waals surface area contributed by atoms with E-state index >= 15 is 0 Å². The molecule has 0 atom stereocenters. The van der Waals surface area contributed by atoms with E-state index < -0.39 is 18.7 Å². The normalized spacial score (nSPS) is 13.6. The van der Waals surface area contributed by atoms with Crippen LogP contribution in [0, 0.1) is 0 Å². The zero-order chi connectivity index (χ0) is 23.9.